The molecule has 134 valence electrons. The maximum atomic E-state index is 14.0. The first-order valence-electron chi connectivity index (χ1n) is 7.85. The molecule has 0 radical (unpaired) electrons. The van der Waals surface area contributed by atoms with Crippen LogP contribution in [0.4, 0.5) is 20.5 Å². The third-order valence-electron chi connectivity index (χ3n) is 3.63. The van der Waals surface area contributed by atoms with Gasteiger partial charge >= 0.3 is 0 Å². The van der Waals surface area contributed by atoms with Gasteiger partial charge in [-0.15, -0.1) is 0 Å². The lowest BCUT2D eigenvalue weighted by atomic mass is 10.2. The molecule has 8 heteroatoms. The van der Waals surface area contributed by atoms with Crippen LogP contribution in [0.5, 0.6) is 11.6 Å². The van der Waals surface area contributed by atoms with E-state index < -0.39 is 11.6 Å². The van der Waals surface area contributed by atoms with E-state index in [4.69, 9.17) is 10.5 Å². The largest absolute Gasteiger partial charge is 0.435 e. The molecule has 0 unspecified atom stereocenters. The number of rotatable bonds is 5. The fourth-order valence-corrected chi connectivity index (χ4v) is 2.33. The number of nitrogen functional groups attached to an aromatic ring is 1. The van der Waals surface area contributed by atoms with Gasteiger partial charge in [0.25, 0.3) is 0 Å². The molecule has 0 bridgehead atoms. The number of hydrogen-bond donors (Lipinski definition) is 2. The van der Waals surface area contributed by atoms with Gasteiger partial charge in [-0.2, -0.15) is 9.37 Å². The molecule has 1 aromatic carbocycles. The lowest BCUT2D eigenvalue weighted by Crippen LogP contribution is -2.07. The number of nitrogens with one attached hydrogen (secondary N) is 1. The molecule has 3 rings (SSSR count). The Balaban J connectivity index is 1.81. The van der Waals surface area contributed by atoms with Crippen LogP contribution < -0.4 is 15.8 Å². The van der Waals surface area contributed by atoms with Crippen molar-refractivity contribution in [3.8, 4) is 11.6 Å². The molecule has 3 aromatic rings. The molecule has 0 aliphatic carbocycles. The van der Waals surface area contributed by atoms with Crippen LogP contribution in [0.3, 0.4) is 0 Å². The average molecular weight is 357 g/mol. The number of benzene rings is 1. The lowest BCUT2D eigenvalue weighted by Gasteiger charge is -2.12. The van der Waals surface area contributed by atoms with E-state index in [1.54, 1.807) is 25.1 Å². The van der Waals surface area contributed by atoms with Crippen LogP contribution in [0.2, 0.25) is 0 Å². The van der Waals surface area contributed by atoms with E-state index in [2.05, 4.69) is 20.3 Å². The molecule has 6 nitrogen and oxygen atoms in total. The lowest BCUT2D eigenvalue weighted by molar-refractivity contribution is 0.401. The fourth-order valence-electron chi connectivity index (χ4n) is 2.33. The minimum atomic E-state index is -1.05. The second kappa shape index (κ2) is 7.30. The second-order valence-corrected chi connectivity index (χ2v) is 5.68. The minimum absolute atomic E-state index is 0.160. The van der Waals surface area contributed by atoms with Gasteiger partial charge in [0, 0.05) is 30.1 Å². The van der Waals surface area contributed by atoms with Crippen LogP contribution in [0.25, 0.3) is 0 Å². The van der Waals surface area contributed by atoms with Crippen molar-refractivity contribution in [3.05, 3.63) is 65.0 Å². The SMILES string of the molecule is Cc1cc(NCc2cccnc2Oc2ccc(C)c(F)c2F)nc(N)n1. The number of nitrogens with zero attached hydrogens (tertiary/aromatic N) is 3. The van der Waals surface area contributed by atoms with Gasteiger partial charge in [0.1, 0.15) is 5.82 Å². The quantitative estimate of drug-likeness (QED) is 0.723. The number of aromatic nitrogens is 3. The maximum absolute atomic E-state index is 14.0. The molecule has 3 N–H and O–H groups in total. The molecule has 2 heterocycles. The van der Waals surface area contributed by atoms with Crippen molar-refractivity contribution < 1.29 is 13.5 Å². The van der Waals surface area contributed by atoms with E-state index in [1.807, 2.05) is 0 Å². The van der Waals surface area contributed by atoms with E-state index in [0.717, 1.165) is 5.69 Å². The summed E-state index contributed by atoms with van der Waals surface area (Å²) in [7, 11) is 0. The summed E-state index contributed by atoms with van der Waals surface area (Å²) in [6.07, 6.45) is 1.51. The molecule has 2 aromatic heterocycles. The highest BCUT2D eigenvalue weighted by Crippen LogP contribution is 2.28. The highest BCUT2D eigenvalue weighted by atomic mass is 19.2. The molecule has 0 aliphatic rings. The monoisotopic (exact) mass is 357 g/mol. The van der Waals surface area contributed by atoms with Crippen molar-refractivity contribution in [2.75, 3.05) is 11.1 Å². The van der Waals surface area contributed by atoms with Crippen molar-refractivity contribution >= 4 is 11.8 Å². The Morgan fingerprint density at radius 2 is 1.92 bits per heavy atom. The number of nitrogens with two attached hydrogens (primary N) is 1. The first-order chi connectivity index (χ1) is 12.4. The highest BCUT2D eigenvalue weighted by molar-refractivity contribution is 5.42. The Labute approximate surface area is 149 Å². The van der Waals surface area contributed by atoms with E-state index in [9.17, 15) is 8.78 Å². The topological polar surface area (TPSA) is 86.0 Å². The van der Waals surface area contributed by atoms with Gasteiger partial charge in [0.05, 0.1) is 0 Å². The summed E-state index contributed by atoms with van der Waals surface area (Å²) in [6.45, 7) is 3.58. The van der Waals surface area contributed by atoms with Crippen LogP contribution in [0, 0.1) is 25.5 Å². The molecule has 0 fully saturated rings. The second-order valence-electron chi connectivity index (χ2n) is 5.68. The van der Waals surface area contributed by atoms with E-state index >= 15 is 0 Å². The Bertz CT molecular complexity index is 929. The number of pyridine rings is 1. The summed E-state index contributed by atoms with van der Waals surface area (Å²) in [5.41, 5.74) is 7.19. The number of hydrogen-bond acceptors (Lipinski definition) is 6. The van der Waals surface area contributed by atoms with Gasteiger partial charge in [-0.1, -0.05) is 12.1 Å². The van der Waals surface area contributed by atoms with Crippen LogP contribution in [-0.2, 0) is 6.54 Å². The highest BCUT2D eigenvalue weighted by Gasteiger charge is 2.15. The molecule has 0 atom stereocenters. The van der Waals surface area contributed by atoms with E-state index in [1.165, 1.54) is 25.3 Å². The van der Waals surface area contributed by atoms with E-state index in [-0.39, 0.29) is 23.1 Å². The zero-order valence-corrected chi connectivity index (χ0v) is 14.3. The standard InChI is InChI=1S/C18H17F2N5O/c1-10-5-6-13(16(20)15(10)19)26-17-12(4-3-7-22-17)9-23-14-8-11(2)24-18(21)25-14/h3-8H,9H2,1-2H3,(H3,21,23,24,25). The van der Waals surface area contributed by atoms with Crippen molar-refractivity contribution in [2.45, 2.75) is 20.4 Å². The van der Waals surface area contributed by atoms with Crippen LogP contribution in [0.1, 0.15) is 16.8 Å². The number of anilines is 2. The maximum Gasteiger partial charge on any atom is 0.224 e. The summed E-state index contributed by atoms with van der Waals surface area (Å²) in [5.74, 6) is -1.35. The molecule has 0 spiro atoms. The molecule has 0 saturated heterocycles. The first-order valence-corrected chi connectivity index (χ1v) is 7.85. The summed E-state index contributed by atoms with van der Waals surface area (Å²) < 4.78 is 33.3. The van der Waals surface area contributed by atoms with Crippen molar-refractivity contribution in [1.82, 2.24) is 15.0 Å². The summed E-state index contributed by atoms with van der Waals surface area (Å²) in [6, 6.07) is 8.03. The predicted molar refractivity (Wildman–Crippen MR) is 93.9 cm³/mol. The number of aryl methyl sites for hydroxylation is 2. The normalized spacial score (nSPS) is 10.6. The smallest absolute Gasteiger partial charge is 0.224 e. The molecule has 0 amide bonds. The molecule has 26 heavy (non-hydrogen) atoms. The molecular formula is C18H17F2N5O. The zero-order chi connectivity index (χ0) is 18.7. The zero-order valence-electron chi connectivity index (χ0n) is 14.3. The first kappa shape index (κ1) is 17.5. The van der Waals surface area contributed by atoms with Gasteiger partial charge in [0.2, 0.25) is 17.6 Å². The van der Waals surface area contributed by atoms with Crippen LogP contribution in [0.15, 0.2) is 36.5 Å². The summed E-state index contributed by atoms with van der Waals surface area (Å²) in [5, 5.41) is 3.08. The Hall–Kier alpha value is -3.29. The van der Waals surface area contributed by atoms with Gasteiger partial charge in [-0.05, 0) is 31.5 Å². The van der Waals surface area contributed by atoms with Gasteiger partial charge in [0.15, 0.2) is 11.6 Å². The van der Waals surface area contributed by atoms with Crippen molar-refractivity contribution in [1.29, 1.82) is 0 Å². The van der Waals surface area contributed by atoms with Crippen LogP contribution >= 0.6 is 0 Å². The van der Waals surface area contributed by atoms with E-state index in [0.29, 0.717) is 17.9 Å². The van der Waals surface area contributed by atoms with Gasteiger partial charge in [-0.25, -0.2) is 14.4 Å². The van der Waals surface area contributed by atoms with Gasteiger partial charge < -0.3 is 15.8 Å². The number of halogens is 2. The predicted octanol–water partition coefficient (Wildman–Crippen LogP) is 3.75. The summed E-state index contributed by atoms with van der Waals surface area (Å²) >= 11 is 0. The van der Waals surface area contributed by atoms with Crippen LogP contribution in [-0.4, -0.2) is 15.0 Å². The number of ether oxygens (including phenoxy) is 1. The van der Waals surface area contributed by atoms with Crippen molar-refractivity contribution in [3.63, 3.8) is 0 Å². The molecule has 0 saturated carbocycles. The Kier molecular flexibility index (Phi) is 4.92. The molecular weight excluding hydrogens is 340 g/mol. The Morgan fingerprint density at radius 3 is 2.69 bits per heavy atom. The third-order valence-corrected chi connectivity index (χ3v) is 3.63. The molecule has 0 aliphatic heterocycles. The fraction of sp³-hybridized carbons (Fsp3) is 0.167. The Morgan fingerprint density at radius 1 is 1.12 bits per heavy atom. The third kappa shape index (κ3) is 3.85. The van der Waals surface area contributed by atoms with Gasteiger partial charge in [-0.3, -0.25) is 0 Å². The summed E-state index contributed by atoms with van der Waals surface area (Å²) in [4.78, 5) is 12.2. The van der Waals surface area contributed by atoms with Crippen molar-refractivity contribution in [2.24, 2.45) is 0 Å². The minimum Gasteiger partial charge on any atom is -0.435 e. The average Bonchev–Trinajstić information content (AvgIpc) is 2.60.